The van der Waals surface area contributed by atoms with E-state index in [0.717, 1.165) is 10.9 Å². The average Bonchev–Trinajstić information content (AvgIpc) is 2.66. The van der Waals surface area contributed by atoms with Crippen LogP contribution >= 0.6 is 0 Å². The lowest BCUT2D eigenvalue weighted by atomic mass is 9.99. The predicted octanol–water partition coefficient (Wildman–Crippen LogP) is 3.09. The lowest BCUT2D eigenvalue weighted by molar-refractivity contribution is 0.0590. The van der Waals surface area contributed by atoms with Crippen molar-refractivity contribution in [3.8, 4) is 0 Å². The molecule has 0 aliphatic carbocycles. The van der Waals surface area contributed by atoms with E-state index in [2.05, 4.69) is 19.9 Å². The number of hydrogen-bond donors (Lipinski definition) is 0. The zero-order valence-corrected chi connectivity index (χ0v) is 10.7. The largest absolute Gasteiger partial charge is 0.464 e. The second-order valence-corrected chi connectivity index (χ2v) is 4.51. The van der Waals surface area contributed by atoms with E-state index < -0.39 is 0 Å². The van der Waals surface area contributed by atoms with Gasteiger partial charge in [0, 0.05) is 18.0 Å². The minimum absolute atomic E-state index is 0.293. The second kappa shape index (κ2) is 4.24. The molecule has 17 heavy (non-hydrogen) atoms. The zero-order valence-electron chi connectivity index (χ0n) is 10.7. The first-order valence-corrected chi connectivity index (χ1v) is 5.73. The van der Waals surface area contributed by atoms with Gasteiger partial charge in [0.15, 0.2) is 0 Å². The van der Waals surface area contributed by atoms with Gasteiger partial charge < -0.3 is 9.30 Å². The standard InChI is InChI=1S/C14H17NO2/c1-9(2)10-6-5-7-12-11(10)8-13(15(12)3)14(16)17-4/h5-9H,1-4H3. The van der Waals surface area contributed by atoms with Crippen LogP contribution in [0.25, 0.3) is 10.9 Å². The van der Waals surface area contributed by atoms with Crippen LogP contribution < -0.4 is 0 Å². The van der Waals surface area contributed by atoms with E-state index in [0.29, 0.717) is 11.6 Å². The van der Waals surface area contributed by atoms with Gasteiger partial charge in [-0.3, -0.25) is 0 Å². The highest BCUT2D eigenvalue weighted by Gasteiger charge is 2.16. The third-order valence-electron chi connectivity index (χ3n) is 3.14. The summed E-state index contributed by atoms with van der Waals surface area (Å²) in [5.41, 5.74) is 2.92. The van der Waals surface area contributed by atoms with E-state index in [1.165, 1.54) is 12.7 Å². The van der Waals surface area contributed by atoms with Gasteiger partial charge in [-0.2, -0.15) is 0 Å². The van der Waals surface area contributed by atoms with Crippen molar-refractivity contribution < 1.29 is 9.53 Å². The van der Waals surface area contributed by atoms with Crippen LogP contribution in [-0.4, -0.2) is 17.6 Å². The summed E-state index contributed by atoms with van der Waals surface area (Å²) in [7, 11) is 3.29. The van der Waals surface area contributed by atoms with Gasteiger partial charge in [0.2, 0.25) is 0 Å². The highest BCUT2D eigenvalue weighted by molar-refractivity contribution is 5.96. The summed E-state index contributed by atoms with van der Waals surface area (Å²) in [6, 6.07) is 8.07. The normalized spacial score (nSPS) is 11.1. The Morgan fingerprint density at radius 2 is 2.06 bits per heavy atom. The van der Waals surface area contributed by atoms with Crippen molar-refractivity contribution in [2.24, 2.45) is 7.05 Å². The summed E-state index contributed by atoms with van der Waals surface area (Å²) in [5.74, 6) is 0.144. The Hall–Kier alpha value is -1.77. The molecule has 0 amide bonds. The summed E-state index contributed by atoms with van der Waals surface area (Å²) in [6.07, 6.45) is 0. The van der Waals surface area contributed by atoms with Crippen LogP contribution in [0.4, 0.5) is 0 Å². The number of rotatable bonds is 2. The van der Waals surface area contributed by atoms with Gasteiger partial charge in [0.05, 0.1) is 7.11 Å². The minimum atomic E-state index is -0.293. The Morgan fingerprint density at radius 1 is 1.35 bits per heavy atom. The number of carbonyl (C=O) groups excluding carboxylic acids is 1. The molecular weight excluding hydrogens is 214 g/mol. The molecule has 0 unspecified atom stereocenters. The van der Waals surface area contributed by atoms with E-state index in [9.17, 15) is 4.79 Å². The zero-order chi connectivity index (χ0) is 12.6. The van der Waals surface area contributed by atoms with Crippen LogP contribution in [0.2, 0.25) is 0 Å². The molecule has 0 aliphatic rings. The molecule has 0 radical (unpaired) electrons. The number of fused-ring (bicyclic) bond motifs is 1. The fraction of sp³-hybridized carbons (Fsp3) is 0.357. The molecule has 0 spiro atoms. The van der Waals surface area contributed by atoms with Crippen molar-refractivity contribution in [1.82, 2.24) is 4.57 Å². The number of esters is 1. The first-order chi connectivity index (χ1) is 8.06. The van der Waals surface area contributed by atoms with Gasteiger partial charge in [-0.15, -0.1) is 0 Å². The monoisotopic (exact) mass is 231 g/mol. The van der Waals surface area contributed by atoms with Gasteiger partial charge in [-0.25, -0.2) is 4.79 Å². The van der Waals surface area contributed by atoms with Crippen LogP contribution in [-0.2, 0) is 11.8 Å². The van der Waals surface area contributed by atoms with Crippen LogP contribution in [0.15, 0.2) is 24.3 Å². The molecule has 0 aliphatic heterocycles. The molecule has 1 heterocycles. The molecule has 0 atom stereocenters. The molecule has 2 aromatic rings. The summed E-state index contributed by atoms with van der Waals surface area (Å²) in [5, 5.41) is 1.13. The molecule has 0 N–H and O–H groups in total. The highest BCUT2D eigenvalue weighted by atomic mass is 16.5. The maximum atomic E-state index is 11.6. The Bertz CT molecular complexity index is 567. The van der Waals surface area contributed by atoms with Crippen LogP contribution in [0, 0.1) is 0 Å². The SMILES string of the molecule is COC(=O)c1cc2c(C(C)C)cccc2n1C. The number of ether oxygens (including phenoxy) is 1. The Morgan fingerprint density at radius 3 is 2.65 bits per heavy atom. The lowest BCUT2D eigenvalue weighted by Crippen LogP contribution is -2.06. The Labute approximate surface area is 101 Å². The highest BCUT2D eigenvalue weighted by Crippen LogP contribution is 2.27. The molecule has 3 nitrogen and oxygen atoms in total. The summed E-state index contributed by atoms with van der Waals surface area (Å²) < 4.78 is 6.67. The number of nitrogens with zero attached hydrogens (tertiary/aromatic N) is 1. The Balaban J connectivity index is 2.73. The quantitative estimate of drug-likeness (QED) is 0.744. The molecule has 0 saturated carbocycles. The second-order valence-electron chi connectivity index (χ2n) is 4.51. The summed E-state index contributed by atoms with van der Waals surface area (Å²) >= 11 is 0. The van der Waals surface area contributed by atoms with Crippen molar-refractivity contribution in [3.63, 3.8) is 0 Å². The molecule has 1 aromatic heterocycles. The van der Waals surface area contributed by atoms with E-state index >= 15 is 0 Å². The average molecular weight is 231 g/mol. The van der Waals surface area contributed by atoms with Gasteiger partial charge in [-0.1, -0.05) is 26.0 Å². The number of methoxy groups -OCH3 is 1. The summed E-state index contributed by atoms with van der Waals surface area (Å²) in [4.78, 5) is 11.6. The van der Waals surface area contributed by atoms with Gasteiger partial charge in [0.1, 0.15) is 5.69 Å². The number of aryl methyl sites for hydroxylation is 1. The number of aromatic nitrogens is 1. The van der Waals surface area contributed by atoms with E-state index in [1.807, 2.05) is 29.8 Å². The van der Waals surface area contributed by atoms with Crippen molar-refractivity contribution >= 4 is 16.9 Å². The first-order valence-electron chi connectivity index (χ1n) is 5.73. The predicted molar refractivity (Wildman–Crippen MR) is 68.3 cm³/mol. The molecule has 90 valence electrons. The third-order valence-corrected chi connectivity index (χ3v) is 3.14. The molecule has 0 bridgehead atoms. The van der Waals surface area contributed by atoms with Crippen molar-refractivity contribution in [2.45, 2.75) is 19.8 Å². The van der Waals surface area contributed by atoms with Crippen molar-refractivity contribution in [2.75, 3.05) is 7.11 Å². The molecular formula is C14H17NO2. The molecule has 2 rings (SSSR count). The van der Waals surface area contributed by atoms with Crippen LogP contribution in [0.1, 0.15) is 35.8 Å². The topological polar surface area (TPSA) is 31.2 Å². The maximum absolute atomic E-state index is 11.6. The molecule has 0 fully saturated rings. The van der Waals surface area contributed by atoms with Gasteiger partial charge in [0.25, 0.3) is 0 Å². The van der Waals surface area contributed by atoms with Gasteiger partial charge in [-0.05, 0) is 23.6 Å². The maximum Gasteiger partial charge on any atom is 0.354 e. The van der Waals surface area contributed by atoms with Crippen molar-refractivity contribution in [3.05, 3.63) is 35.5 Å². The smallest absolute Gasteiger partial charge is 0.354 e. The van der Waals surface area contributed by atoms with Crippen LogP contribution in [0.5, 0.6) is 0 Å². The first kappa shape index (κ1) is 11.7. The molecule has 3 heteroatoms. The molecule has 0 saturated heterocycles. The van der Waals surface area contributed by atoms with E-state index in [1.54, 1.807) is 0 Å². The lowest BCUT2D eigenvalue weighted by Gasteiger charge is -2.07. The number of benzene rings is 1. The fourth-order valence-electron chi connectivity index (χ4n) is 2.19. The van der Waals surface area contributed by atoms with Crippen molar-refractivity contribution in [1.29, 1.82) is 0 Å². The van der Waals surface area contributed by atoms with Crippen LogP contribution in [0.3, 0.4) is 0 Å². The van der Waals surface area contributed by atoms with E-state index in [4.69, 9.17) is 4.74 Å². The third kappa shape index (κ3) is 1.82. The van der Waals surface area contributed by atoms with Gasteiger partial charge >= 0.3 is 5.97 Å². The fourth-order valence-corrected chi connectivity index (χ4v) is 2.19. The Kier molecular flexibility index (Phi) is 2.92. The minimum Gasteiger partial charge on any atom is -0.464 e. The number of carbonyl (C=O) groups is 1. The summed E-state index contributed by atoms with van der Waals surface area (Å²) in [6.45, 7) is 4.30. The number of hydrogen-bond acceptors (Lipinski definition) is 2. The van der Waals surface area contributed by atoms with E-state index in [-0.39, 0.29) is 5.97 Å². The molecule has 1 aromatic carbocycles.